The highest BCUT2D eigenvalue weighted by Crippen LogP contribution is 2.52. The number of esters is 1. The van der Waals surface area contributed by atoms with Crippen LogP contribution >= 0.6 is 0 Å². The number of hydrogen-bond donors (Lipinski definition) is 2. The standard InChI is InChI=1S/C24H23F3N2O3/c1-15-9-19-14-32-21(30)23(19,11-15)12-16-5-7-20(8-6-16)29-22(31)28-13-17-3-2-4-18(10-17)24(25,26)27/h2-8,10,19H,1,9,11-14H2,(H2,28,29,31). The number of ether oxygens (including phenoxy) is 1. The van der Waals surface area contributed by atoms with Crippen LogP contribution in [0.4, 0.5) is 23.7 Å². The number of nitrogens with one attached hydrogen (secondary N) is 2. The summed E-state index contributed by atoms with van der Waals surface area (Å²) in [6.45, 7) is 4.44. The average molecular weight is 444 g/mol. The number of alkyl halides is 3. The Balaban J connectivity index is 1.34. The first-order valence-corrected chi connectivity index (χ1v) is 10.3. The normalized spacial score (nSPS) is 22.4. The fourth-order valence-corrected chi connectivity index (χ4v) is 4.55. The molecule has 2 aromatic carbocycles. The van der Waals surface area contributed by atoms with Crippen LogP contribution in [-0.4, -0.2) is 18.6 Å². The molecule has 1 aliphatic heterocycles. The van der Waals surface area contributed by atoms with E-state index in [9.17, 15) is 22.8 Å². The first-order chi connectivity index (χ1) is 15.2. The van der Waals surface area contributed by atoms with Gasteiger partial charge in [-0.15, -0.1) is 0 Å². The molecule has 5 nitrogen and oxygen atoms in total. The van der Waals surface area contributed by atoms with Crippen LogP contribution in [-0.2, 0) is 28.7 Å². The molecule has 2 aliphatic rings. The average Bonchev–Trinajstić information content (AvgIpc) is 3.21. The van der Waals surface area contributed by atoms with E-state index >= 15 is 0 Å². The van der Waals surface area contributed by atoms with Crippen LogP contribution in [0.2, 0.25) is 0 Å². The number of halogens is 3. The van der Waals surface area contributed by atoms with Gasteiger partial charge in [-0.25, -0.2) is 4.79 Å². The maximum absolute atomic E-state index is 12.8. The SMILES string of the molecule is C=C1CC2COC(=O)C2(Cc2ccc(NC(=O)NCc3cccc(C(F)(F)F)c3)cc2)C1. The Morgan fingerprint density at radius 3 is 2.62 bits per heavy atom. The highest BCUT2D eigenvalue weighted by molar-refractivity contribution is 5.89. The predicted octanol–water partition coefficient (Wildman–Crippen LogP) is 5.08. The van der Waals surface area contributed by atoms with Crippen molar-refractivity contribution in [2.75, 3.05) is 11.9 Å². The Morgan fingerprint density at radius 2 is 1.91 bits per heavy atom. The number of carbonyl (C=O) groups excluding carboxylic acids is 2. The third-order valence-electron chi connectivity index (χ3n) is 6.14. The van der Waals surface area contributed by atoms with Crippen LogP contribution < -0.4 is 10.6 Å². The van der Waals surface area contributed by atoms with E-state index in [1.807, 2.05) is 12.1 Å². The van der Waals surface area contributed by atoms with Crippen LogP contribution in [0.15, 0.2) is 60.7 Å². The van der Waals surface area contributed by atoms with Crippen molar-refractivity contribution in [3.63, 3.8) is 0 Å². The first kappa shape index (κ1) is 21.9. The minimum atomic E-state index is -4.43. The van der Waals surface area contributed by atoms with Gasteiger partial charge in [-0.1, -0.05) is 36.4 Å². The van der Waals surface area contributed by atoms with Crippen molar-refractivity contribution in [1.29, 1.82) is 0 Å². The summed E-state index contributed by atoms with van der Waals surface area (Å²) in [5, 5.41) is 5.21. The van der Waals surface area contributed by atoms with Gasteiger partial charge in [0, 0.05) is 18.2 Å². The number of amides is 2. The third-order valence-corrected chi connectivity index (χ3v) is 6.14. The number of rotatable bonds is 5. The molecule has 2 fully saturated rings. The van der Waals surface area contributed by atoms with Gasteiger partial charge in [-0.05, 0) is 54.7 Å². The van der Waals surface area contributed by atoms with E-state index in [-0.39, 0.29) is 18.4 Å². The Morgan fingerprint density at radius 1 is 1.16 bits per heavy atom. The highest BCUT2D eigenvalue weighted by atomic mass is 19.4. The van der Waals surface area contributed by atoms with E-state index < -0.39 is 23.2 Å². The third kappa shape index (κ3) is 4.49. The summed E-state index contributed by atoms with van der Waals surface area (Å²) in [6, 6.07) is 11.4. The Hall–Kier alpha value is -3.29. The monoisotopic (exact) mass is 444 g/mol. The molecular formula is C24H23F3N2O3. The zero-order valence-corrected chi connectivity index (χ0v) is 17.3. The predicted molar refractivity (Wildman–Crippen MR) is 113 cm³/mol. The molecule has 2 unspecified atom stereocenters. The van der Waals surface area contributed by atoms with Crippen LogP contribution in [0.1, 0.15) is 29.5 Å². The van der Waals surface area contributed by atoms with Gasteiger partial charge in [0.15, 0.2) is 0 Å². The number of cyclic esters (lactones) is 1. The molecule has 1 saturated heterocycles. The molecule has 2 atom stereocenters. The molecule has 32 heavy (non-hydrogen) atoms. The summed E-state index contributed by atoms with van der Waals surface area (Å²) >= 11 is 0. The summed E-state index contributed by atoms with van der Waals surface area (Å²) < 4.78 is 43.7. The maximum atomic E-state index is 12.8. The lowest BCUT2D eigenvalue weighted by Gasteiger charge is -2.24. The van der Waals surface area contributed by atoms with E-state index in [1.165, 1.54) is 12.1 Å². The lowest BCUT2D eigenvalue weighted by molar-refractivity contribution is -0.146. The molecule has 2 aromatic rings. The number of anilines is 1. The number of urea groups is 1. The number of benzene rings is 2. The number of carbonyl (C=O) groups is 2. The molecule has 0 aromatic heterocycles. The van der Waals surface area contributed by atoms with Gasteiger partial charge in [0.1, 0.15) is 0 Å². The molecule has 2 amide bonds. The largest absolute Gasteiger partial charge is 0.465 e. The van der Waals surface area contributed by atoms with Crippen molar-refractivity contribution in [3.05, 3.63) is 77.4 Å². The van der Waals surface area contributed by atoms with Crippen molar-refractivity contribution in [2.24, 2.45) is 11.3 Å². The second kappa shape index (κ2) is 8.33. The van der Waals surface area contributed by atoms with Crippen LogP contribution in [0.5, 0.6) is 0 Å². The quantitative estimate of drug-likeness (QED) is 0.499. The van der Waals surface area contributed by atoms with Gasteiger partial charge in [0.2, 0.25) is 0 Å². The van der Waals surface area contributed by atoms with Crippen molar-refractivity contribution in [1.82, 2.24) is 5.32 Å². The van der Waals surface area contributed by atoms with E-state index in [1.54, 1.807) is 12.1 Å². The van der Waals surface area contributed by atoms with E-state index in [0.29, 0.717) is 30.7 Å². The molecular weight excluding hydrogens is 421 g/mol. The zero-order chi connectivity index (χ0) is 22.9. The summed E-state index contributed by atoms with van der Waals surface area (Å²) in [4.78, 5) is 24.6. The summed E-state index contributed by atoms with van der Waals surface area (Å²) in [6.07, 6.45) is -2.44. The summed E-state index contributed by atoms with van der Waals surface area (Å²) in [5.41, 5.74) is 1.61. The fourth-order valence-electron chi connectivity index (χ4n) is 4.55. The molecule has 168 valence electrons. The lowest BCUT2D eigenvalue weighted by Crippen LogP contribution is -2.31. The molecule has 1 aliphatic carbocycles. The maximum Gasteiger partial charge on any atom is 0.416 e. The van der Waals surface area contributed by atoms with Crippen molar-refractivity contribution in [3.8, 4) is 0 Å². The Labute approximate surface area is 183 Å². The topological polar surface area (TPSA) is 67.4 Å². The number of hydrogen-bond acceptors (Lipinski definition) is 3. The van der Waals surface area contributed by atoms with E-state index in [4.69, 9.17) is 4.74 Å². The number of allylic oxidation sites excluding steroid dienone is 1. The Kier molecular flexibility index (Phi) is 5.71. The van der Waals surface area contributed by atoms with Crippen LogP contribution in [0.25, 0.3) is 0 Å². The lowest BCUT2D eigenvalue weighted by atomic mass is 9.75. The van der Waals surface area contributed by atoms with E-state index in [2.05, 4.69) is 17.2 Å². The molecule has 0 radical (unpaired) electrons. The van der Waals surface area contributed by atoms with Crippen molar-refractivity contribution >= 4 is 17.7 Å². The van der Waals surface area contributed by atoms with Gasteiger partial charge in [-0.2, -0.15) is 13.2 Å². The summed E-state index contributed by atoms with van der Waals surface area (Å²) in [7, 11) is 0. The first-order valence-electron chi connectivity index (χ1n) is 10.3. The highest BCUT2D eigenvalue weighted by Gasteiger charge is 2.55. The van der Waals surface area contributed by atoms with Crippen LogP contribution in [0, 0.1) is 11.3 Å². The molecule has 8 heteroatoms. The molecule has 0 spiro atoms. The van der Waals surface area contributed by atoms with Crippen molar-refractivity contribution in [2.45, 2.75) is 32.0 Å². The van der Waals surface area contributed by atoms with Gasteiger partial charge in [-0.3, -0.25) is 4.79 Å². The molecule has 2 N–H and O–H groups in total. The second-order valence-corrected chi connectivity index (χ2v) is 8.46. The number of fused-ring (bicyclic) bond motifs is 1. The van der Waals surface area contributed by atoms with Gasteiger partial charge in [0.25, 0.3) is 0 Å². The van der Waals surface area contributed by atoms with Gasteiger partial charge >= 0.3 is 18.2 Å². The zero-order valence-electron chi connectivity index (χ0n) is 17.3. The minimum Gasteiger partial charge on any atom is -0.465 e. The molecule has 4 rings (SSSR count). The van der Waals surface area contributed by atoms with E-state index in [0.717, 1.165) is 29.7 Å². The van der Waals surface area contributed by atoms with Gasteiger partial charge < -0.3 is 15.4 Å². The minimum absolute atomic E-state index is 0.0380. The molecule has 1 saturated carbocycles. The van der Waals surface area contributed by atoms with Gasteiger partial charge in [0.05, 0.1) is 17.6 Å². The molecule has 0 bridgehead atoms. The molecule has 1 heterocycles. The fraction of sp³-hybridized carbons (Fsp3) is 0.333. The Bertz CT molecular complexity index is 1050. The van der Waals surface area contributed by atoms with Crippen LogP contribution in [0.3, 0.4) is 0 Å². The second-order valence-electron chi connectivity index (χ2n) is 8.46. The summed E-state index contributed by atoms with van der Waals surface area (Å²) in [5.74, 6) is -0.0146. The van der Waals surface area contributed by atoms with Crippen molar-refractivity contribution < 1.29 is 27.5 Å². The smallest absolute Gasteiger partial charge is 0.416 e.